The quantitative estimate of drug-likeness (QED) is 0.783. The maximum absolute atomic E-state index is 12.5. The molecule has 0 spiro atoms. The van der Waals surface area contributed by atoms with Crippen molar-refractivity contribution in [3.05, 3.63) is 20.7 Å². The largest absolute Gasteiger partial charge is 0.464 e. The SMILES string of the molecule is CCOC(=O)C1CCCCN1C(=O)Cn1c(C)csc1=O. The van der Waals surface area contributed by atoms with Crippen molar-refractivity contribution < 1.29 is 14.3 Å². The number of carbonyl (C=O) groups excluding carboxylic acids is 2. The van der Waals surface area contributed by atoms with E-state index in [1.54, 1.807) is 24.1 Å². The van der Waals surface area contributed by atoms with Gasteiger partial charge in [-0.25, -0.2) is 4.79 Å². The number of amides is 1. The highest BCUT2D eigenvalue weighted by molar-refractivity contribution is 7.07. The number of hydrogen-bond donors (Lipinski definition) is 0. The molecule has 1 atom stereocenters. The summed E-state index contributed by atoms with van der Waals surface area (Å²) < 4.78 is 6.49. The number of nitrogens with zero attached hydrogens (tertiary/aromatic N) is 2. The summed E-state index contributed by atoms with van der Waals surface area (Å²) in [6.07, 6.45) is 2.41. The second-order valence-corrected chi connectivity index (χ2v) is 5.90. The zero-order chi connectivity index (χ0) is 15.4. The number of rotatable bonds is 4. The van der Waals surface area contributed by atoms with Gasteiger partial charge in [0.05, 0.1) is 6.61 Å². The number of carbonyl (C=O) groups is 2. The summed E-state index contributed by atoms with van der Waals surface area (Å²) >= 11 is 1.08. The average Bonchev–Trinajstić information content (AvgIpc) is 2.79. The molecule has 1 aliphatic heterocycles. The highest BCUT2D eigenvalue weighted by Gasteiger charge is 2.33. The Balaban J connectivity index is 2.12. The molecule has 21 heavy (non-hydrogen) atoms. The van der Waals surface area contributed by atoms with Gasteiger partial charge in [0.25, 0.3) is 0 Å². The first kappa shape index (κ1) is 15.8. The smallest absolute Gasteiger partial charge is 0.328 e. The number of hydrogen-bond acceptors (Lipinski definition) is 5. The minimum absolute atomic E-state index is 0.00985. The Morgan fingerprint density at radius 3 is 2.81 bits per heavy atom. The Morgan fingerprint density at radius 1 is 1.43 bits per heavy atom. The molecule has 0 saturated carbocycles. The predicted molar refractivity (Wildman–Crippen MR) is 79.3 cm³/mol. The minimum atomic E-state index is -0.513. The van der Waals surface area contributed by atoms with Crippen molar-refractivity contribution >= 4 is 23.2 Å². The van der Waals surface area contributed by atoms with Gasteiger partial charge in [-0.1, -0.05) is 11.3 Å². The molecule has 2 heterocycles. The van der Waals surface area contributed by atoms with Crippen LogP contribution in [0.2, 0.25) is 0 Å². The molecule has 0 radical (unpaired) electrons. The first-order chi connectivity index (χ1) is 10.0. The van der Waals surface area contributed by atoms with Crippen molar-refractivity contribution in [3.8, 4) is 0 Å². The Hall–Kier alpha value is -1.63. The minimum Gasteiger partial charge on any atom is -0.464 e. The molecule has 0 aromatic carbocycles. The van der Waals surface area contributed by atoms with E-state index in [1.165, 1.54) is 4.57 Å². The Kier molecular flexibility index (Phi) is 5.17. The summed E-state index contributed by atoms with van der Waals surface area (Å²) in [5, 5.41) is 1.73. The van der Waals surface area contributed by atoms with Crippen LogP contribution in [0.3, 0.4) is 0 Å². The molecule has 2 rings (SSSR count). The summed E-state index contributed by atoms with van der Waals surface area (Å²) in [5.74, 6) is -0.545. The fraction of sp³-hybridized carbons (Fsp3) is 0.643. The molecule has 1 saturated heterocycles. The monoisotopic (exact) mass is 312 g/mol. The van der Waals surface area contributed by atoms with Crippen LogP contribution in [0, 0.1) is 6.92 Å². The molecule has 7 heteroatoms. The van der Waals surface area contributed by atoms with Gasteiger partial charge in [-0.3, -0.25) is 14.2 Å². The fourth-order valence-corrected chi connectivity index (χ4v) is 3.27. The maximum atomic E-state index is 12.5. The lowest BCUT2D eigenvalue weighted by Gasteiger charge is -2.34. The van der Waals surface area contributed by atoms with Crippen LogP contribution < -0.4 is 4.87 Å². The normalized spacial score (nSPS) is 18.6. The standard InChI is InChI=1S/C14H20N2O4S/c1-3-20-13(18)11-6-4-5-7-15(11)12(17)8-16-10(2)9-21-14(16)19/h9,11H,3-8H2,1-2H3. The van der Waals surface area contributed by atoms with E-state index < -0.39 is 6.04 Å². The molecule has 1 aliphatic rings. The van der Waals surface area contributed by atoms with Crippen LogP contribution in [0.4, 0.5) is 0 Å². The van der Waals surface area contributed by atoms with E-state index in [-0.39, 0.29) is 23.3 Å². The molecule has 0 N–H and O–H groups in total. The molecule has 6 nitrogen and oxygen atoms in total. The van der Waals surface area contributed by atoms with Gasteiger partial charge in [-0.15, -0.1) is 0 Å². The second kappa shape index (κ2) is 6.89. The third-order valence-corrected chi connectivity index (χ3v) is 4.53. The summed E-state index contributed by atoms with van der Waals surface area (Å²) in [6.45, 7) is 4.39. The summed E-state index contributed by atoms with van der Waals surface area (Å²) in [7, 11) is 0. The summed E-state index contributed by atoms with van der Waals surface area (Å²) in [4.78, 5) is 37.5. The van der Waals surface area contributed by atoms with Crippen LogP contribution >= 0.6 is 11.3 Å². The van der Waals surface area contributed by atoms with E-state index in [4.69, 9.17) is 4.74 Å². The Morgan fingerprint density at radius 2 is 2.19 bits per heavy atom. The molecular formula is C14H20N2O4S. The number of aromatic nitrogens is 1. The summed E-state index contributed by atoms with van der Waals surface area (Å²) in [6, 6.07) is -0.513. The van der Waals surface area contributed by atoms with Gasteiger partial charge in [0.15, 0.2) is 0 Å². The first-order valence-electron chi connectivity index (χ1n) is 7.15. The second-order valence-electron chi connectivity index (χ2n) is 5.08. The van der Waals surface area contributed by atoms with Gasteiger partial charge in [0.2, 0.25) is 5.91 Å². The molecule has 0 aliphatic carbocycles. The highest BCUT2D eigenvalue weighted by atomic mass is 32.1. The number of esters is 1. The van der Waals surface area contributed by atoms with Gasteiger partial charge in [0, 0.05) is 17.6 Å². The van der Waals surface area contributed by atoms with E-state index in [2.05, 4.69) is 0 Å². The molecule has 0 bridgehead atoms. The molecule has 1 fully saturated rings. The van der Waals surface area contributed by atoms with E-state index in [1.807, 2.05) is 0 Å². The number of likely N-dealkylation sites (tertiary alicyclic amines) is 1. The van der Waals surface area contributed by atoms with Gasteiger partial charge in [-0.2, -0.15) is 0 Å². The van der Waals surface area contributed by atoms with Crippen molar-refractivity contribution in [2.24, 2.45) is 0 Å². The van der Waals surface area contributed by atoms with Crippen molar-refractivity contribution in [3.63, 3.8) is 0 Å². The van der Waals surface area contributed by atoms with Gasteiger partial charge >= 0.3 is 10.8 Å². The zero-order valence-corrected chi connectivity index (χ0v) is 13.1. The molecule has 116 valence electrons. The average molecular weight is 312 g/mol. The lowest BCUT2D eigenvalue weighted by atomic mass is 10.0. The van der Waals surface area contributed by atoms with Crippen molar-refractivity contribution in [1.29, 1.82) is 0 Å². The van der Waals surface area contributed by atoms with E-state index >= 15 is 0 Å². The highest BCUT2D eigenvalue weighted by Crippen LogP contribution is 2.19. The van der Waals surface area contributed by atoms with Crippen LogP contribution in [0.25, 0.3) is 0 Å². The Bertz CT molecular complexity index is 578. The molecule has 1 aromatic heterocycles. The third kappa shape index (κ3) is 3.53. The van der Waals surface area contributed by atoms with Crippen LogP contribution in [-0.4, -0.2) is 40.5 Å². The van der Waals surface area contributed by atoms with E-state index in [9.17, 15) is 14.4 Å². The van der Waals surface area contributed by atoms with Crippen LogP contribution in [0.1, 0.15) is 31.9 Å². The van der Waals surface area contributed by atoms with Crippen LogP contribution in [0.15, 0.2) is 10.2 Å². The van der Waals surface area contributed by atoms with Crippen molar-refractivity contribution in [2.75, 3.05) is 13.2 Å². The molecular weight excluding hydrogens is 292 g/mol. The number of piperidine rings is 1. The van der Waals surface area contributed by atoms with Crippen molar-refractivity contribution in [1.82, 2.24) is 9.47 Å². The fourth-order valence-electron chi connectivity index (χ4n) is 2.54. The van der Waals surface area contributed by atoms with Gasteiger partial charge < -0.3 is 9.64 Å². The van der Waals surface area contributed by atoms with Crippen LogP contribution in [-0.2, 0) is 20.9 Å². The predicted octanol–water partition coefficient (Wildman–Crippen LogP) is 1.16. The third-order valence-electron chi connectivity index (χ3n) is 3.65. The molecule has 1 amide bonds. The van der Waals surface area contributed by atoms with E-state index in [0.717, 1.165) is 29.9 Å². The Labute approximate surface area is 127 Å². The molecule has 1 aromatic rings. The number of aryl methyl sites for hydroxylation is 1. The van der Waals surface area contributed by atoms with E-state index in [0.29, 0.717) is 19.6 Å². The number of ether oxygens (including phenoxy) is 1. The topological polar surface area (TPSA) is 68.6 Å². The number of thiazole rings is 1. The molecule has 1 unspecified atom stereocenters. The maximum Gasteiger partial charge on any atom is 0.328 e. The van der Waals surface area contributed by atoms with Gasteiger partial charge in [0.1, 0.15) is 12.6 Å². The van der Waals surface area contributed by atoms with Crippen LogP contribution in [0.5, 0.6) is 0 Å². The lowest BCUT2D eigenvalue weighted by Crippen LogP contribution is -2.50. The van der Waals surface area contributed by atoms with Crippen molar-refractivity contribution in [2.45, 2.75) is 45.7 Å². The van der Waals surface area contributed by atoms with Gasteiger partial charge in [-0.05, 0) is 33.1 Å². The lowest BCUT2D eigenvalue weighted by molar-refractivity contribution is -0.156. The first-order valence-corrected chi connectivity index (χ1v) is 8.03. The zero-order valence-electron chi connectivity index (χ0n) is 12.3. The summed E-state index contributed by atoms with van der Waals surface area (Å²) in [5.41, 5.74) is 0.767.